The van der Waals surface area contributed by atoms with Crippen LogP contribution in [0, 0.1) is 0 Å². The van der Waals surface area contributed by atoms with Gasteiger partial charge >= 0.3 is 0 Å². The van der Waals surface area contributed by atoms with Crippen LogP contribution in [0.5, 0.6) is 5.75 Å². The summed E-state index contributed by atoms with van der Waals surface area (Å²) >= 11 is 5.24. The number of carbonyl (C=O) groups excluding carboxylic acids is 1. The smallest absolute Gasteiger partial charge is 0.245 e. The van der Waals surface area contributed by atoms with E-state index in [1.165, 1.54) is 6.08 Å². The first kappa shape index (κ1) is 12.8. The van der Waals surface area contributed by atoms with Gasteiger partial charge in [-0.15, -0.1) is 0 Å². The van der Waals surface area contributed by atoms with Crippen molar-refractivity contribution in [1.82, 2.24) is 0 Å². The predicted molar refractivity (Wildman–Crippen MR) is 66.7 cm³/mol. The van der Waals surface area contributed by atoms with Crippen LogP contribution in [0.25, 0.3) is 6.08 Å². The number of hydrogen-bond acceptors (Lipinski definition) is 2. The molecule has 1 aromatic carbocycles. The fourth-order valence-corrected chi connectivity index (χ4v) is 1.29. The van der Waals surface area contributed by atoms with Gasteiger partial charge in [0.15, 0.2) is 0 Å². The van der Waals surface area contributed by atoms with Crippen molar-refractivity contribution < 1.29 is 9.53 Å². The molecule has 0 radical (unpaired) electrons. The zero-order chi connectivity index (χ0) is 11.8. The molecule has 0 unspecified atom stereocenters. The maximum absolute atomic E-state index is 10.6. The Morgan fingerprint density at radius 1 is 1.44 bits per heavy atom. The van der Waals surface area contributed by atoms with Gasteiger partial charge in [0.05, 0.1) is 6.61 Å². The fourth-order valence-electron chi connectivity index (χ4n) is 1.23. The predicted octanol–water partition coefficient (Wildman–Crippen LogP) is 3.64. The Labute approximate surface area is 101 Å². The number of ether oxygens (including phenoxy) is 1. The quantitative estimate of drug-likeness (QED) is 0.430. The van der Waals surface area contributed by atoms with Crippen molar-refractivity contribution in [2.24, 2.45) is 0 Å². The molecule has 2 nitrogen and oxygen atoms in total. The number of para-hydroxylation sites is 1. The van der Waals surface area contributed by atoms with Crippen molar-refractivity contribution in [2.45, 2.75) is 19.8 Å². The van der Waals surface area contributed by atoms with Gasteiger partial charge in [-0.2, -0.15) is 0 Å². The van der Waals surface area contributed by atoms with Gasteiger partial charge in [-0.25, -0.2) is 0 Å². The molecule has 86 valence electrons. The largest absolute Gasteiger partial charge is 0.493 e. The highest BCUT2D eigenvalue weighted by Crippen LogP contribution is 2.19. The van der Waals surface area contributed by atoms with Crippen molar-refractivity contribution in [3.8, 4) is 5.75 Å². The van der Waals surface area contributed by atoms with E-state index in [2.05, 4.69) is 6.92 Å². The van der Waals surface area contributed by atoms with Crippen LogP contribution < -0.4 is 4.74 Å². The molecule has 0 fully saturated rings. The van der Waals surface area contributed by atoms with Crippen molar-refractivity contribution in [2.75, 3.05) is 6.61 Å². The molecule has 0 spiro atoms. The number of carbonyl (C=O) groups is 1. The van der Waals surface area contributed by atoms with E-state index in [9.17, 15) is 4.79 Å². The molecule has 0 heterocycles. The zero-order valence-electron chi connectivity index (χ0n) is 9.28. The van der Waals surface area contributed by atoms with E-state index >= 15 is 0 Å². The lowest BCUT2D eigenvalue weighted by Gasteiger charge is -2.07. The molecular formula is C13H15ClO2. The van der Waals surface area contributed by atoms with Gasteiger partial charge in [0.2, 0.25) is 5.24 Å². The van der Waals surface area contributed by atoms with Crippen LogP contribution in [-0.4, -0.2) is 11.8 Å². The molecule has 0 saturated heterocycles. The Morgan fingerprint density at radius 2 is 2.19 bits per heavy atom. The Bertz CT molecular complexity index is 372. The van der Waals surface area contributed by atoms with Crippen LogP contribution in [0.3, 0.4) is 0 Å². The summed E-state index contributed by atoms with van der Waals surface area (Å²) < 4.78 is 5.60. The SMILES string of the molecule is CCCCOc1ccccc1/C=C/C(=O)Cl. The summed E-state index contributed by atoms with van der Waals surface area (Å²) in [5.41, 5.74) is 0.868. The molecule has 0 N–H and O–H groups in total. The topological polar surface area (TPSA) is 26.3 Å². The normalized spacial score (nSPS) is 10.6. The van der Waals surface area contributed by atoms with Gasteiger partial charge < -0.3 is 4.74 Å². The van der Waals surface area contributed by atoms with E-state index in [1.54, 1.807) is 6.08 Å². The Hall–Kier alpha value is -1.28. The third-order valence-corrected chi connectivity index (χ3v) is 2.19. The standard InChI is InChI=1S/C13H15ClO2/c1-2-3-10-16-12-7-5-4-6-11(12)8-9-13(14)15/h4-9H,2-3,10H2,1H3/b9-8+. The highest BCUT2D eigenvalue weighted by molar-refractivity contribution is 6.66. The maximum atomic E-state index is 10.6. The summed E-state index contributed by atoms with van der Waals surface area (Å²) in [5.74, 6) is 0.783. The summed E-state index contributed by atoms with van der Waals surface area (Å²) in [6.45, 7) is 2.80. The number of halogens is 1. The minimum absolute atomic E-state index is 0.483. The van der Waals surface area contributed by atoms with Gasteiger partial charge in [0.1, 0.15) is 5.75 Å². The maximum Gasteiger partial charge on any atom is 0.245 e. The second-order valence-electron chi connectivity index (χ2n) is 3.38. The van der Waals surface area contributed by atoms with Gasteiger partial charge in [-0.05, 0) is 36.2 Å². The van der Waals surface area contributed by atoms with Gasteiger partial charge in [0.25, 0.3) is 0 Å². The van der Waals surface area contributed by atoms with Crippen molar-refractivity contribution >= 4 is 22.9 Å². The molecule has 0 aliphatic heterocycles. The third kappa shape index (κ3) is 4.49. The minimum Gasteiger partial charge on any atom is -0.493 e. The number of unbranched alkanes of at least 4 members (excludes halogenated alkanes) is 1. The molecule has 0 atom stereocenters. The lowest BCUT2D eigenvalue weighted by Crippen LogP contribution is -1.97. The van der Waals surface area contributed by atoms with E-state index < -0.39 is 5.24 Å². The number of allylic oxidation sites excluding steroid dienone is 1. The average Bonchev–Trinajstić information content (AvgIpc) is 2.28. The number of rotatable bonds is 6. The molecular weight excluding hydrogens is 224 g/mol. The molecule has 1 aromatic rings. The molecule has 0 saturated carbocycles. The monoisotopic (exact) mass is 238 g/mol. The van der Waals surface area contributed by atoms with Crippen LogP contribution in [0.1, 0.15) is 25.3 Å². The van der Waals surface area contributed by atoms with Crippen LogP contribution >= 0.6 is 11.6 Å². The summed E-state index contributed by atoms with van der Waals surface area (Å²) in [6.07, 6.45) is 5.10. The summed E-state index contributed by atoms with van der Waals surface area (Å²) in [7, 11) is 0. The first-order chi connectivity index (χ1) is 7.74. The summed E-state index contributed by atoms with van der Waals surface area (Å²) in [6, 6.07) is 7.57. The fraction of sp³-hybridized carbons (Fsp3) is 0.308. The van der Waals surface area contributed by atoms with E-state index in [4.69, 9.17) is 16.3 Å². The molecule has 0 aliphatic carbocycles. The van der Waals surface area contributed by atoms with Crippen LogP contribution in [0.4, 0.5) is 0 Å². The lowest BCUT2D eigenvalue weighted by molar-refractivity contribution is -0.107. The van der Waals surface area contributed by atoms with E-state index in [-0.39, 0.29) is 0 Å². The third-order valence-electron chi connectivity index (χ3n) is 2.07. The number of benzene rings is 1. The lowest BCUT2D eigenvalue weighted by atomic mass is 10.2. The van der Waals surface area contributed by atoms with Crippen molar-refractivity contribution in [1.29, 1.82) is 0 Å². The van der Waals surface area contributed by atoms with Gasteiger partial charge in [0, 0.05) is 5.56 Å². The van der Waals surface area contributed by atoms with E-state index in [0.717, 1.165) is 24.2 Å². The molecule has 0 aromatic heterocycles. The molecule has 0 amide bonds. The molecule has 0 bridgehead atoms. The molecule has 3 heteroatoms. The minimum atomic E-state index is -0.483. The van der Waals surface area contributed by atoms with Gasteiger partial charge in [-0.3, -0.25) is 4.79 Å². The molecule has 1 rings (SSSR count). The average molecular weight is 239 g/mol. The van der Waals surface area contributed by atoms with Crippen LogP contribution in [-0.2, 0) is 4.79 Å². The Balaban J connectivity index is 2.71. The first-order valence-corrected chi connectivity index (χ1v) is 5.71. The second-order valence-corrected chi connectivity index (χ2v) is 3.75. The highest BCUT2D eigenvalue weighted by Gasteiger charge is 1.99. The Kier molecular flexibility index (Phi) is 5.65. The summed E-state index contributed by atoms with van der Waals surface area (Å²) in [4.78, 5) is 10.6. The highest BCUT2D eigenvalue weighted by atomic mass is 35.5. The van der Waals surface area contributed by atoms with Crippen LogP contribution in [0.2, 0.25) is 0 Å². The van der Waals surface area contributed by atoms with E-state index in [0.29, 0.717) is 6.61 Å². The molecule has 0 aliphatic rings. The van der Waals surface area contributed by atoms with E-state index in [1.807, 2.05) is 24.3 Å². The summed E-state index contributed by atoms with van der Waals surface area (Å²) in [5, 5.41) is -0.483. The van der Waals surface area contributed by atoms with Crippen molar-refractivity contribution in [3.63, 3.8) is 0 Å². The van der Waals surface area contributed by atoms with Crippen LogP contribution in [0.15, 0.2) is 30.3 Å². The zero-order valence-corrected chi connectivity index (χ0v) is 10.0. The first-order valence-electron chi connectivity index (χ1n) is 5.33. The second kappa shape index (κ2) is 7.07. The Morgan fingerprint density at radius 3 is 2.88 bits per heavy atom. The van der Waals surface area contributed by atoms with Gasteiger partial charge in [-0.1, -0.05) is 31.5 Å². The number of hydrogen-bond donors (Lipinski definition) is 0. The van der Waals surface area contributed by atoms with Crippen molar-refractivity contribution in [3.05, 3.63) is 35.9 Å². The molecule has 16 heavy (non-hydrogen) atoms.